The van der Waals surface area contributed by atoms with Crippen molar-refractivity contribution in [2.45, 2.75) is 17.9 Å². The standard InChI is InChI=1S/C9H9Cl2N3O3S/c1-4(15)12-5(9(16)17)3-18-6-2-7(10)13-14-8(6)11/h2,5H,3H2,1H3,(H,12,15)(H,16,17). The summed E-state index contributed by atoms with van der Waals surface area (Å²) in [6.07, 6.45) is 0. The number of amides is 1. The molecule has 18 heavy (non-hydrogen) atoms. The molecule has 98 valence electrons. The number of hydrogen-bond donors (Lipinski definition) is 2. The Bertz CT molecular complexity index is 472. The Morgan fingerprint density at radius 2 is 2.17 bits per heavy atom. The van der Waals surface area contributed by atoms with Gasteiger partial charge in [0.15, 0.2) is 10.3 Å². The highest BCUT2D eigenvalue weighted by Crippen LogP contribution is 2.27. The molecular weight excluding hydrogens is 301 g/mol. The van der Waals surface area contributed by atoms with Gasteiger partial charge in [0.2, 0.25) is 5.91 Å². The van der Waals surface area contributed by atoms with Gasteiger partial charge in [0.25, 0.3) is 0 Å². The number of carboxylic acids is 1. The first-order valence-corrected chi connectivity index (χ1v) is 6.45. The monoisotopic (exact) mass is 309 g/mol. The Balaban J connectivity index is 2.69. The normalized spacial score (nSPS) is 11.9. The van der Waals surface area contributed by atoms with Crippen LogP contribution in [0.4, 0.5) is 0 Å². The van der Waals surface area contributed by atoms with Crippen molar-refractivity contribution in [3.05, 3.63) is 16.4 Å². The average Bonchev–Trinajstić information content (AvgIpc) is 2.27. The fraction of sp³-hybridized carbons (Fsp3) is 0.333. The fourth-order valence-corrected chi connectivity index (χ4v) is 2.43. The Hall–Kier alpha value is -1.05. The quantitative estimate of drug-likeness (QED) is 0.800. The van der Waals surface area contributed by atoms with Crippen molar-refractivity contribution in [2.24, 2.45) is 0 Å². The van der Waals surface area contributed by atoms with Gasteiger partial charge in [-0.25, -0.2) is 4.79 Å². The number of halogens is 2. The van der Waals surface area contributed by atoms with E-state index in [1.165, 1.54) is 13.0 Å². The van der Waals surface area contributed by atoms with Crippen molar-refractivity contribution in [3.8, 4) is 0 Å². The summed E-state index contributed by atoms with van der Waals surface area (Å²) in [5, 5.41) is 18.6. The van der Waals surface area contributed by atoms with E-state index in [2.05, 4.69) is 15.5 Å². The maximum absolute atomic E-state index is 10.9. The molecule has 2 N–H and O–H groups in total. The zero-order valence-electron chi connectivity index (χ0n) is 9.18. The highest BCUT2D eigenvalue weighted by molar-refractivity contribution is 7.99. The number of aliphatic carboxylic acids is 1. The maximum Gasteiger partial charge on any atom is 0.327 e. The molecule has 1 amide bonds. The Labute approximate surface area is 117 Å². The van der Waals surface area contributed by atoms with Gasteiger partial charge in [0.1, 0.15) is 6.04 Å². The Morgan fingerprint density at radius 3 is 2.72 bits per heavy atom. The summed E-state index contributed by atoms with van der Waals surface area (Å²) < 4.78 is 0. The third-order valence-electron chi connectivity index (χ3n) is 1.77. The summed E-state index contributed by atoms with van der Waals surface area (Å²) in [6, 6.07) is 0.476. The van der Waals surface area contributed by atoms with Crippen LogP contribution in [0.3, 0.4) is 0 Å². The summed E-state index contributed by atoms with van der Waals surface area (Å²) in [4.78, 5) is 22.2. The van der Waals surface area contributed by atoms with Crippen molar-refractivity contribution in [1.82, 2.24) is 15.5 Å². The fourth-order valence-electron chi connectivity index (χ4n) is 1.03. The molecule has 6 nitrogen and oxygen atoms in total. The molecule has 0 spiro atoms. The lowest BCUT2D eigenvalue weighted by Gasteiger charge is -2.12. The lowest BCUT2D eigenvalue weighted by atomic mass is 10.3. The molecule has 0 aliphatic carbocycles. The molecule has 1 rings (SSSR count). The number of thioether (sulfide) groups is 1. The molecule has 0 aliphatic rings. The van der Waals surface area contributed by atoms with E-state index in [1.807, 2.05) is 0 Å². The van der Waals surface area contributed by atoms with Crippen LogP contribution >= 0.6 is 35.0 Å². The minimum atomic E-state index is -1.12. The number of carbonyl (C=O) groups is 2. The third-order valence-corrected chi connectivity index (χ3v) is 3.47. The SMILES string of the molecule is CC(=O)NC(CSc1cc(Cl)nnc1Cl)C(=O)O. The Morgan fingerprint density at radius 1 is 1.50 bits per heavy atom. The number of nitrogens with zero attached hydrogens (tertiary/aromatic N) is 2. The second-order valence-corrected chi connectivity index (χ2v) is 5.03. The first-order chi connectivity index (χ1) is 8.40. The van der Waals surface area contributed by atoms with Crippen molar-refractivity contribution >= 4 is 46.8 Å². The highest BCUT2D eigenvalue weighted by atomic mass is 35.5. The van der Waals surface area contributed by atoms with Crippen LogP contribution in [0, 0.1) is 0 Å². The van der Waals surface area contributed by atoms with E-state index in [9.17, 15) is 9.59 Å². The molecule has 1 heterocycles. The predicted molar refractivity (Wildman–Crippen MR) is 68.0 cm³/mol. The predicted octanol–water partition coefficient (Wildman–Crippen LogP) is 1.46. The van der Waals surface area contributed by atoms with E-state index in [4.69, 9.17) is 28.3 Å². The number of nitrogens with one attached hydrogen (secondary N) is 1. The van der Waals surface area contributed by atoms with Crippen molar-refractivity contribution < 1.29 is 14.7 Å². The summed E-state index contributed by atoms with van der Waals surface area (Å²) in [7, 11) is 0. The van der Waals surface area contributed by atoms with E-state index >= 15 is 0 Å². The molecule has 0 saturated carbocycles. The van der Waals surface area contributed by atoms with Gasteiger partial charge in [-0.15, -0.1) is 22.0 Å². The minimum absolute atomic E-state index is 0.108. The van der Waals surface area contributed by atoms with Gasteiger partial charge in [-0.05, 0) is 6.07 Å². The van der Waals surface area contributed by atoms with E-state index in [-0.39, 0.29) is 16.1 Å². The van der Waals surface area contributed by atoms with Crippen LogP contribution in [0.15, 0.2) is 11.0 Å². The molecule has 0 radical (unpaired) electrons. The van der Waals surface area contributed by atoms with Gasteiger partial charge in [-0.1, -0.05) is 23.2 Å². The van der Waals surface area contributed by atoms with Crippen LogP contribution in [-0.2, 0) is 9.59 Å². The molecule has 0 bridgehead atoms. The molecule has 1 aromatic rings. The number of rotatable bonds is 5. The first-order valence-electron chi connectivity index (χ1n) is 4.71. The van der Waals surface area contributed by atoms with Gasteiger partial charge in [0.05, 0.1) is 0 Å². The van der Waals surface area contributed by atoms with Gasteiger partial charge in [-0.3, -0.25) is 4.79 Å². The molecule has 0 saturated heterocycles. The third kappa shape index (κ3) is 4.67. The second-order valence-electron chi connectivity index (χ2n) is 3.22. The second kappa shape index (κ2) is 6.77. The van der Waals surface area contributed by atoms with Gasteiger partial charge < -0.3 is 10.4 Å². The maximum atomic E-state index is 10.9. The molecule has 1 atom stereocenters. The first kappa shape index (κ1) is 15.0. The molecule has 0 aliphatic heterocycles. The summed E-state index contributed by atoms with van der Waals surface area (Å²) >= 11 is 12.5. The molecule has 9 heteroatoms. The summed E-state index contributed by atoms with van der Waals surface area (Å²) in [5.74, 6) is -1.43. The van der Waals surface area contributed by atoms with Gasteiger partial charge >= 0.3 is 5.97 Å². The van der Waals surface area contributed by atoms with E-state index in [0.29, 0.717) is 4.90 Å². The lowest BCUT2D eigenvalue weighted by Crippen LogP contribution is -2.41. The van der Waals surface area contributed by atoms with E-state index in [1.54, 1.807) is 0 Å². The van der Waals surface area contributed by atoms with Crippen LogP contribution in [-0.4, -0.2) is 39.0 Å². The average molecular weight is 310 g/mol. The number of hydrogen-bond acceptors (Lipinski definition) is 5. The smallest absolute Gasteiger partial charge is 0.327 e. The van der Waals surface area contributed by atoms with Crippen LogP contribution in [0.1, 0.15) is 6.92 Å². The molecular formula is C9H9Cl2N3O3S. The molecule has 0 fully saturated rings. The lowest BCUT2D eigenvalue weighted by molar-refractivity contribution is -0.140. The number of aromatic nitrogens is 2. The van der Waals surface area contributed by atoms with E-state index in [0.717, 1.165) is 11.8 Å². The van der Waals surface area contributed by atoms with Gasteiger partial charge in [-0.2, -0.15) is 0 Å². The summed E-state index contributed by atoms with van der Waals surface area (Å²) in [5.41, 5.74) is 0. The topological polar surface area (TPSA) is 92.2 Å². The minimum Gasteiger partial charge on any atom is -0.480 e. The van der Waals surface area contributed by atoms with Crippen LogP contribution in [0.2, 0.25) is 10.3 Å². The van der Waals surface area contributed by atoms with Crippen LogP contribution in [0.25, 0.3) is 0 Å². The van der Waals surface area contributed by atoms with Crippen LogP contribution < -0.4 is 5.32 Å². The molecule has 0 aromatic carbocycles. The molecule has 1 unspecified atom stereocenters. The van der Waals surface area contributed by atoms with Crippen molar-refractivity contribution in [2.75, 3.05) is 5.75 Å². The zero-order chi connectivity index (χ0) is 13.7. The van der Waals surface area contributed by atoms with Crippen molar-refractivity contribution in [1.29, 1.82) is 0 Å². The van der Waals surface area contributed by atoms with Crippen LogP contribution in [0.5, 0.6) is 0 Å². The van der Waals surface area contributed by atoms with E-state index < -0.39 is 17.9 Å². The number of carbonyl (C=O) groups excluding carboxylic acids is 1. The number of carboxylic acid groups (broad SMARTS) is 1. The van der Waals surface area contributed by atoms with Crippen molar-refractivity contribution in [3.63, 3.8) is 0 Å². The largest absolute Gasteiger partial charge is 0.480 e. The summed E-state index contributed by atoms with van der Waals surface area (Å²) in [6.45, 7) is 1.25. The zero-order valence-corrected chi connectivity index (χ0v) is 11.5. The molecule has 1 aromatic heterocycles. The highest BCUT2D eigenvalue weighted by Gasteiger charge is 2.19. The van der Waals surface area contributed by atoms with Gasteiger partial charge in [0, 0.05) is 17.6 Å². The Kier molecular flexibility index (Phi) is 5.64.